The average Bonchev–Trinajstić information content (AvgIpc) is 1.99. The molecule has 0 saturated carbocycles. The van der Waals surface area contributed by atoms with Crippen molar-refractivity contribution < 1.29 is 9.53 Å². The largest absolute Gasteiger partial charge is 0.461 e. The maximum Gasteiger partial charge on any atom is 0.307 e. The SMILES string of the molecule is C#CC=CCOC(=O)CCCl. The minimum atomic E-state index is -0.304. The van der Waals surface area contributed by atoms with Crippen molar-refractivity contribution in [2.45, 2.75) is 6.42 Å². The Labute approximate surface area is 71.2 Å². The summed E-state index contributed by atoms with van der Waals surface area (Å²) >= 11 is 5.29. The molecule has 11 heavy (non-hydrogen) atoms. The first kappa shape index (κ1) is 10.1. The van der Waals surface area contributed by atoms with E-state index in [0.29, 0.717) is 0 Å². The highest BCUT2D eigenvalue weighted by atomic mass is 35.5. The van der Waals surface area contributed by atoms with Gasteiger partial charge in [-0.15, -0.1) is 18.0 Å². The number of carbonyl (C=O) groups excluding carboxylic acids is 1. The Hall–Kier alpha value is -0.940. The van der Waals surface area contributed by atoms with Crippen molar-refractivity contribution in [1.82, 2.24) is 0 Å². The lowest BCUT2D eigenvalue weighted by atomic mass is 10.5. The van der Waals surface area contributed by atoms with Gasteiger partial charge in [-0.05, 0) is 12.2 Å². The van der Waals surface area contributed by atoms with Crippen LogP contribution in [0.1, 0.15) is 6.42 Å². The fourth-order valence-corrected chi connectivity index (χ4v) is 0.561. The van der Waals surface area contributed by atoms with Crippen molar-refractivity contribution >= 4 is 17.6 Å². The van der Waals surface area contributed by atoms with Crippen molar-refractivity contribution in [3.05, 3.63) is 12.2 Å². The summed E-state index contributed by atoms with van der Waals surface area (Å²) in [5.74, 6) is 2.26. The molecule has 0 heterocycles. The van der Waals surface area contributed by atoms with E-state index in [1.54, 1.807) is 6.08 Å². The highest BCUT2D eigenvalue weighted by Gasteiger charge is 1.97. The normalized spacial score (nSPS) is 9.45. The summed E-state index contributed by atoms with van der Waals surface area (Å²) in [6.07, 6.45) is 8.22. The molecule has 3 heteroatoms. The lowest BCUT2D eigenvalue weighted by Gasteiger charge is -1.97. The zero-order valence-electron chi connectivity index (χ0n) is 6.05. The van der Waals surface area contributed by atoms with Gasteiger partial charge in [0.2, 0.25) is 0 Å². The van der Waals surface area contributed by atoms with E-state index in [0.717, 1.165) is 0 Å². The van der Waals surface area contributed by atoms with Gasteiger partial charge in [0.15, 0.2) is 0 Å². The summed E-state index contributed by atoms with van der Waals surface area (Å²) in [6.45, 7) is 0.222. The number of esters is 1. The third-order valence-corrected chi connectivity index (χ3v) is 1.04. The summed E-state index contributed by atoms with van der Waals surface area (Å²) in [5, 5.41) is 0. The molecule has 0 aliphatic carbocycles. The first-order valence-electron chi connectivity index (χ1n) is 3.14. The molecule has 0 aliphatic heterocycles. The summed E-state index contributed by atoms with van der Waals surface area (Å²) in [4.78, 5) is 10.6. The van der Waals surface area contributed by atoms with Crippen LogP contribution >= 0.6 is 11.6 Å². The lowest BCUT2D eigenvalue weighted by molar-refractivity contribution is -0.141. The zero-order chi connectivity index (χ0) is 8.53. The molecule has 0 saturated heterocycles. The standard InChI is InChI=1S/C8H9ClO2/c1-2-3-4-7-11-8(10)5-6-9/h1,3-4H,5-7H2. The molecule has 0 rings (SSSR count). The van der Waals surface area contributed by atoms with Gasteiger partial charge in [-0.25, -0.2) is 0 Å². The second-order valence-electron chi connectivity index (χ2n) is 1.69. The van der Waals surface area contributed by atoms with Crippen LogP contribution in [0.4, 0.5) is 0 Å². The second-order valence-corrected chi connectivity index (χ2v) is 2.07. The van der Waals surface area contributed by atoms with E-state index in [-0.39, 0.29) is 24.9 Å². The summed E-state index contributed by atoms with van der Waals surface area (Å²) in [5.41, 5.74) is 0. The minimum absolute atomic E-state index is 0.222. The highest BCUT2D eigenvalue weighted by Crippen LogP contribution is 1.89. The molecule has 0 aromatic carbocycles. The van der Waals surface area contributed by atoms with Crippen LogP contribution in [0.3, 0.4) is 0 Å². The molecule has 0 amide bonds. The van der Waals surface area contributed by atoms with Crippen molar-refractivity contribution in [1.29, 1.82) is 0 Å². The monoisotopic (exact) mass is 172 g/mol. The quantitative estimate of drug-likeness (QED) is 0.364. The molecule has 60 valence electrons. The molecule has 0 aliphatic rings. The van der Waals surface area contributed by atoms with Gasteiger partial charge in [-0.2, -0.15) is 0 Å². The highest BCUT2D eigenvalue weighted by molar-refractivity contribution is 6.18. The van der Waals surface area contributed by atoms with Crippen LogP contribution in [0, 0.1) is 12.3 Å². The van der Waals surface area contributed by atoms with Gasteiger partial charge in [-0.3, -0.25) is 4.79 Å². The number of halogens is 1. The Morgan fingerprint density at radius 3 is 3.00 bits per heavy atom. The third kappa shape index (κ3) is 6.95. The first-order chi connectivity index (χ1) is 5.31. The number of hydrogen-bond acceptors (Lipinski definition) is 2. The number of ether oxygens (including phenoxy) is 1. The lowest BCUT2D eigenvalue weighted by Crippen LogP contribution is -2.04. The molecular weight excluding hydrogens is 164 g/mol. The molecule has 0 fully saturated rings. The van der Waals surface area contributed by atoms with Crippen LogP contribution in [0.2, 0.25) is 0 Å². The topological polar surface area (TPSA) is 26.3 Å². The molecule has 0 spiro atoms. The van der Waals surface area contributed by atoms with Crippen molar-refractivity contribution in [3.8, 4) is 12.3 Å². The Morgan fingerprint density at radius 2 is 2.45 bits per heavy atom. The Bertz CT molecular complexity index is 179. The fourth-order valence-electron chi connectivity index (χ4n) is 0.407. The molecular formula is C8H9ClO2. The van der Waals surface area contributed by atoms with E-state index in [1.165, 1.54) is 6.08 Å². The van der Waals surface area contributed by atoms with Crippen LogP contribution < -0.4 is 0 Å². The summed E-state index contributed by atoms with van der Waals surface area (Å²) in [6, 6.07) is 0. The van der Waals surface area contributed by atoms with Gasteiger partial charge in [0.05, 0.1) is 6.42 Å². The molecule has 0 bridgehead atoms. The van der Waals surface area contributed by atoms with Crippen molar-refractivity contribution in [3.63, 3.8) is 0 Å². The van der Waals surface area contributed by atoms with E-state index in [1.807, 2.05) is 0 Å². The van der Waals surface area contributed by atoms with Crippen LogP contribution in [0.15, 0.2) is 12.2 Å². The average molecular weight is 173 g/mol. The Balaban J connectivity index is 3.33. The number of hydrogen-bond donors (Lipinski definition) is 0. The number of rotatable bonds is 4. The molecule has 0 unspecified atom stereocenters. The fraction of sp³-hybridized carbons (Fsp3) is 0.375. The van der Waals surface area contributed by atoms with Gasteiger partial charge < -0.3 is 4.74 Å². The van der Waals surface area contributed by atoms with E-state index in [2.05, 4.69) is 10.7 Å². The number of carbonyl (C=O) groups is 1. The van der Waals surface area contributed by atoms with Crippen LogP contribution in [-0.4, -0.2) is 18.5 Å². The number of terminal acetylenes is 1. The second kappa shape index (κ2) is 7.17. The van der Waals surface area contributed by atoms with Gasteiger partial charge in [-0.1, -0.05) is 5.92 Å². The Morgan fingerprint density at radius 1 is 1.73 bits per heavy atom. The Kier molecular flexibility index (Phi) is 6.56. The van der Waals surface area contributed by atoms with Crippen LogP contribution in [-0.2, 0) is 9.53 Å². The van der Waals surface area contributed by atoms with Gasteiger partial charge >= 0.3 is 5.97 Å². The summed E-state index contributed by atoms with van der Waals surface area (Å²) < 4.78 is 4.68. The maximum atomic E-state index is 10.6. The van der Waals surface area contributed by atoms with E-state index in [9.17, 15) is 4.79 Å². The molecule has 0 aromatic rings. The first-order valence-corrected chi connectivity index (χ1v) is 3.67. The van der Waals surface area contributed by atoms with E-state index in [4.69, 9.17) is 18.0 Å². The molecule has 2 nitrogen and oxygen atoms in total. The van der Waals surface area contributed by atoms with Crippen molar-refractivity contribution in [2.75, 3.05) is 12.5 Å². The molecule has 0 aromatic heterocycles. The maximum absolute atomic E-state index is 10.6. The van der Waals surface area contributed by atoms with Gasteiger partial charge in [0.1, 0.15) is 6.61 Å². The summed E-state index contributed by atoms with van der Waals surface area (Å²) in [7, 11) is 0. The predicted octanol–water partition coefficient (Wildman–Crippen LogP) is 1.35. The zero-order valence-corrected chi connectivity index (χ0v) is 6.80. The molecule has 0 N–H and O–H groups in total. The van der Waals surface area contributed by atoms with Crippen LogP contribution in [0.5, 0.6) is 0 Å². The minimum Gasteiger partial charge on any atom is -0.461 e. The number of allylic oxidation sites excluding steroid dienone is 1. The number of alkyl halides is 1. The third-order valence-electron chi connectivity index (χ3n) is 0.853. The van der Waals surface area contributed by atoms with E-state index >= 15 is 0 Å². The van der Waals surface area contributed by atoms with E-state index < -0.39 is 0 Å². The van der Waals surface area contributed by atoms with Gasteiger partial charge in [0, 0.05) is 5.88 Å². The van der Waals surface area contributed by atoms with Crippen molar-refractivity contribution in [2.24, 2.45) is 0 Å². The predicted molar refractivity (Wildman–Crippen MR) is 44.3 cm³/mol. The smallest absolute Gasteiger partial charge is 0.307 e. The van der Waals surface area contributed by atoms with Gasteiger partial charge in [0.25, 0.3) is 0 Å². The van der Waals surface area contributed by atoms with Crippen LogP contribution in [0.25, 0.3) is 0 Å². The molecule has 0 atom stereocenters. The molecule has 0 radical (unpaired) electrons.